The van der Waals surface area contributed by atoms with E-state index in [9.17, 15) is 4.79 Å². The van der Waals surface area contributed by atoms with Crippen molar-refractivity contribution in [2.24, 2.45) is 0 Å². The molecule has 0 radical (unpaired) electrons. The third kappa shape index (κ3) is 3.33. The molecule has 1 fully saturated rings. The molecule has 1 aromatic heterocycles. The first-order valence-electron chi connectivity index (χ1n) is 6.91. The molecule has 0 aromatic carbocycles. The van der Waals surface area contributed by atoms with Crippen LogP contribution in [0.2, 0.25) is 0 Å². The molecule has 2 N–H and O–H groups in total. The number of carbonyl (C=O) groups excluding carboxylic acids is 1. The van der Waals surface area contributed by atoms with E-state index in [1.165, 1.54) is 11.5 Å². The summed E-state index contributed by atoms with van der Waals surface area (Å²) in [6.45, 7) is 8.78. The fraction of sp³-hybridized carbons (Fsp3) is 0.692. The standard InChI is InChI=1S/C13H22N4O2S/c1-9(2)19-11-12(14)15-20-13(11)17-6-4-5-16(7-8-17)10(3)18/h9H,4-8H2,1-3H3,(H2,14,15). The molecule has 0 spiro atoms. The lowest BCUT2D eigenvalue weighted by atomic mass is 10.3. The molecule has 0 bridgehead atoms. The average Bonchev–Trinajstić information content (AvgIpc) is 2.62. The van der Waals surface area contributed by atoms with Crippen molar-refractivity contribution < 1.29 is 9.53 Å². The van der Waals surface area contributed by atoms with Crippen LogP contribution < -0.4 is 15.4 Å². The number of ether oxygens (including phenoxy) is 1. The van der Waals surface area contributed by atoms with E-state index >= 15 is 0 Å². The highest BCUT2D eigenvalue weighted by Gasteiger charge is 2.23. The number of rotatable bonds is 3. The van der Waals surface area contributed by atoms with Gasteiger partial charge < -0.3 is 20.3 Å². The number of hydrogen-bond donors (Lipinski definition) is 1. The summed E-state index contributed by atoms with van der Waals surface area (Å²) in [5, 5.41) is 0.974. The Kier molecular flexibility index (Phi) is 4.69. The highest BCUT2D eigenvalue weighted by Crippen LogP contribution is 2.39. The topological polar surface area (TPSA) is 71.7 Å². The van der Waals surface area contributed by atoms with Crippen molar-refractivity contribution in [3.8, 4) is 5.75 Å². The van der Waals surface area contributed by atoms with Crippen LogP contribution in [-0.4, -0.2) is 47.5 Å². The maximum Gasteiger partial charge on any atom is 0.219 e. The van der Waals surface area contributed by atoms with Gasteiger partial charge in [0.1, 0.15) is 0 Å². The zero-order valence-corrected chi connectivity index (χ0v) is 13.1. The molecule has 112 valence electrons. The lowest BCUT2D eigenvalue weighted by Gasteiger charge is -2.23. The lowest BCUT2D eigenvalue weighted by Crippen LogP contribution is -2.33. The maximum absolute atomic E-state index is 11.5. The number of nitrogens with zero attached hydrogens (tertiary/aromatic N) is 3. The summed E-state index contributed by atoms with van der Waals surface area (Å²) in [7, 11) is 0. The first kappa shape index (κ1) is 14.9. The van der Waals surface area contributed by atoms with Gasteiger partial charge in [-0.05, 0) is 31.8 Å². The molecule has 1 aliphatic heterocycles. The Morgan fingerprint density at radius 3 is 2.75 bits per heavy atom. The Balaban J connectivity index is 2.13. The van der Waals surface area contributed by atoms with Gasteiger partial charge in [0.15, 0.2) is 16.6 Å². The largest absolute Gasteiger partial charge is 0.484 e. The van der Waals surface area contributed by atoms with Crippen molar-refractivity contribution in [1.82, 2.24) is 9.27 Å². The van der Waals surface area contributed by atoms with Gasteiger partial charge in [-0.25, -0.2) is 0 Å². The van der Waals surface area contributed by atoms with E-state index in [1.807, 2.05) is 18.7 Å². The van der Waals surface area contributed by atoms with Gasteiger partial charge >= 0.3 is 0 Å². The number of nitrogens with two attached hydrogens (primary N) is 1. The second-order valence-corrected chi connectivity index (χ2v) is 5.97. The molecule has 1 aromatic rings. The second kappa shape index (κ2) is 6.30. The van der Waals surface area contributed by atoms with Crippen molar-refractivity contribution in [2.45, 2.75) is 33.3 Å². The summed E-state index contributed by atoms with van der Waals surface area (Å²) in [4.78, 5) is 15.6. The normalized spacial score (nSPS) is 16.4. The molecule has 0 atom stereocenters. The average molecular weight is 298 g/mol. The summed E-state index contributed by atoms with van der Waals surface area (Å²) in [5.41, 5.74) is 5.89. The first-order valence-corrected chi connectivity index (χ1v) is 7.68. The minimum absolute atomic E-state index is 0.0631. The van der Waals surface area contributed by atoms with Gasteiger partial charge in [-0.15, -0.1) is 0 Å². The molecule has 7 heteroatoms. The molecule has 1 amide bonds. The Labute approximate surface area is 123 Å². The smallest absolute Gasteiger partial charge is 0.219 e. The molecular formula is C13H22N4O2S. The van der Waals surface area contributed by atoms with Crippen molar-refractivity contribution in [3.05, 3.63) is 0 Å². The van der Waals surface area contributed by atoms with Gasteiger partial charge in [-0.1, -0.05) is 0 Å². The van der Waals surface area contributed by atoms with E-state index in [1.54, 1.807) is 6.92 Å². The number of hydrogen-bond acceptors (Lipinski definition) is 6. The predicted molar refractivity (Wildman–Crippen MR) is 81.4 cm³/mol. The summed E-state index contributed by atoms with van der Waals surface area (Å²) in [6, 6.07) is 0. The van der Waals surface area contributed by atoms with Crippen LogP contribution in [0.5, 0.6) is 5.75 Å². The minimum atomic E-state index is 0.0631. The van der Waals surface area contributed by atoms with Crippen LogP contribution in [0.1, 0.15) is 27.2 Å². The first-order chi connectivity index (χ1) is 9.49. The number of aromatic nitrogens is 1. The molecule has 2 rings (SSSR count). The van der Waals surface area contributed by atoms with E-state index in [0.717, 1.165) is 37.6 Å². The molecule has 0 aliphatic carbocycles. The van der Waals surface area contributed by atoms with Crippen LogP contribution >= 0.6 is 11.5 Å². The van der Waals surface area contributed by atoms with E-state index in [-0.39, 0.29) is 12.0 Å². The predicted octanol–water partition coefficient (Wildman–Crippen LogP) is 1.57. The van der Waals surface area contributed by atoms with Gasteiger partial charge in [-0.2, -0.15) is 4.37 Å². The Bertz CT molecular complexity index is 475. The zero-order chi connectivity index (χ0) is 14.7. The minimum Gasteiger partial charge on any atom is -0.484 e. The highest BCUT2D eigenvalue weighted by molar-refractivity contribution is 7.11. The summed E-state index contributed by atoms with van der Waals surface area (Å²) in [6.07, 6.45) is 1.01. The molecule has 2 heterocycles. The molecule has 0 saturated carbocycles. The van der Waals surface area contributed by atoms with Crippen molar-refractivity contribution >= 4 is 28.3 Å². The van der Waals surface area contributed by atoms with Gasteiger partial charge in [-0.3, -0.25) is 4.79 Å². The van der Waals surface area contributed by atoms with E-state index in [4.69, 9.17) is 10.5 Å². The van der Waals surface area contributed by atoms with Crippen LogP contribution in [-0.2, 0) is 4.79 Å². The molecule has 20 heavy (non-hydrogen) atoms. The van der Waals surface area contributed by atoms with Gasteiger partial charge in [0.25, 0.3) is 0 Å². The van der Waals surface area contributed by atoms with Crippen LogP contribution in [0.25, 0.3) is 0 Å². The van der Waals surface area contributed by atoms with E-state index in [0.29, 0.717) is 11.6 Å². The monoisotopic (exact) mass is 298 g/mol. The third-order valence-corrected chi connectivity index (χ3v) is 4.14. The molecule has 6 nitrogen and oxygen atoms in total. The van der Waals surface area contributed by atoms with E-state index < -0.39 is 0 Å². The maximum atomic E-state index is 11.5. The van der Waals surface area contributed by atoms with Gasteiger partial charge in [0.2, 0.25) is 5.91 Å². The van der Waals surface area contributed by atoms with Gasteiger partial charge in [0, 0.05) is 33.1 Å². The number of anilines is 2. The Morgan fingerprint density at radius 1 is 1.35 bits per heavy atom. The quantitative estimate of drug-likeness (QED) is 0.917. The highest BCUT2D eigenvalue weighted by atomic mass is 32.1. The molecular weight excluding hydrogens is 276 g/mol. The van der Waals surface area contributed by atoms with Crippen LogP contribution in [0.3, 0.4) is 0 Å². The lowest BCUT2D eigenvalue weighted by molar-refractivity contribution is -0.128. The molecule has 1 saturated heterocycles. The SMILES string of the molecule is CC(=O)N1CCCN(c2snc(N)c2OC(C)C)CC1. The Hall–Kier alpha value is -1.50. The van der Waals surface area contributed by atoms with Crippen molar-refractivity contribution in [3.63, 3.8) is 0 Å². The summed E-state index contributed by atoms with van der Waals surface area (Å²) in [5.74, 6) is 1.27. The summed E-state index contributed by atoms with van der Waals surface area (Å²) >= 11 is 1.37. The van der Waals surface area contributed by atoms with Crippen LogP contribution in [0.15, 0.2) is 0 Å². The van der Waals surface area contributed by atoms with Crippen molar-refractivity contribution in [1.29, 1.82) is 0 Å². The van der Waals surface area contributed by atoms with Gasteiger partial charge in [0.05, 0.1) is 6.10 Å². The zero-order valence-electron chi connectivity index (χ0n) is 12.3. The molecule has 0 unspecified atom stereocenters. The number of amides is 1. The number of carbonyl (C=O) groups is 1. The van der Waals surface area contributed by atoms with E-state index in [2.05, 4.69) is 9.27 Å². The Morgan fingerprint density at radius 2 is 2.10 bits per heavy atom. The number of nitrogen functional groups attached to an aromatic ring is 1. The fourth-order valence-electron chi connectivity index (χ4n) is 2.27. The second-order valence-electron chi connectivity index (χ2n) is 5.22. The van der Waals surface area contributed by atoms with Crippen molar-refractivity contribution in [2.75, 3.05) is 36.8 Å². The third-order valence-electron chi connectivity index (χ3n) is 3.24. The van der Waals surface area contributed by atoms with Crippen LogP contribution in [0.4, 0.5) is 10.8 Å². The van der Waals surface area contributed by atoms with Crippen LogP contribution in [0, 0.1) is 0 Å². The fourth-order valence-corrected chi connectivity index (χ4v) is 3.07. The summed E-state index contributed by atoms with van der Waals surface area (Å²) < 4.78 is 9.99. The molecule has 1 aliphatic rings.